The Balaban J connectivity index is 1.92. The van der Waals surface area contributed by atoms with Crippen molar-refractivity contribution >= 4 is 33.0 Å². The molecular weight excluding hydrogens is 386 g/mol. The zero-order valence-electron chi connectivity index (χ0n) is 15.0. The van der Waals surface area contributed by atoms with E-state index in [2.05, 4.69) is 9.62 Å². The lowest BCUT2D eigenvalue weighted by Gasteiger charge is -2.37. The maximum atomic E-state index is 12.8. The van der Waals surface area contributed by atoms with E-state index in [1.165, 1.54) is 18.2 Å². The average molecular weight is 406 g/mol. The molecule has 142 valence electrons. The van der Waals surface area contributed by atoms with Gasteiger partial charge >= 0.3 is 0 Å². The van der Waals surface area contributed by atoms with Crippen LogP contribution in [0.15, 0.2) is 47.4 Å². The molecule has 0 radical (unpaired) electrons. The fourth-order valence-electron chi connectivity index (χ4n) is 3.17. The average Bonchev–Trinajstić information content (AvgIpc) is 2.61. The van der Waals surface area contributed by atoms with Crippen molar-refractivity contribution in [2.24, 2.45) is 0 Å². The molecule has 2 unspecified atom stereocenters. The third-order valence-electron chi connectivity index (χ3n) is 4.28. The van der Waals surface area contributed by atoms with Crippen molar-refractivity contribution in [2.75, 3.05) is 22.7 Å². The number of ether oxygens (including phenoxy) is 1. The van der Waals surface area contributed by atoms with Gasteiger partial charge in [-0.05, 0) is 44.2 Å². The van der Waals surface area contributed by atoms with E-state index in [1.807, 2.05) is 32.0 Å². The Morgan fingerprint density at radius 2 is 1.85 bits per heavy atom. The molecule has 2 atom stereocenters. The van der Waals surface area contributed by atoms with Crippen molar-refractivity contribution in [3.63, 3.8) is 0 Å². The SMILES string of the molecule is CC1CN(c2ccccc2NS(=O)(=O)c2ccc(C#N)c(Cl)c2)CC(C)O1. The largest absolute Gasteiger partial charge is 0.372 e. The van der Waals surface area contributed by atoms with Crippen LogP contribution in [0.4, 0.5) is 11.4 Å². The highest BCUT2D eigenvalue weighted by atomic mass is 35.5. The minimum atomic E-state index is -3.85. The maximum absolute atomic E-state index is 12.8. The highest BCUT2D eigenvalue weighted by molar-refractivity contribution is 7.92. The minimum absolute atomic E-state index is 0.00465. The first-order valence-electron chi connectivity index (χ1n) is 8.52. The van der Waals surface area contributed by atoms with Crippen LogP contribution in [0.1, 0.15) is 19.4 Å². The van der Waals surface area contributed by atoms with Crippen molar-refractivity contribution in [3.05, 3.63) is 53.1 Å². The second-order valence-electron chi connectivity index (χ2n) is 6.54. The molecular formula is C19H20ClN3O3S. The van der Waals surface area contributed by atoms with Gasteiger partial charge in [0, 0.05) is 13.1 Å². The Kier molecular flexibility index (Phi) is 5.61. The van der Waals surface area contributed by atoms with Crippen molar-refractivity contribution in [1.29, 1.82) is 5.26 Å². The number of benzene rings is 2. The van der Waals surface area contributed by atoms with Crippen LogP contribution in [-0.4, -0.2) is 33.7 Å². The van der Waals surface area contributed by atoms with Crippen LogP contribution in [0.3, 0.4) is 0 Å². The van der Waals surface area contributed by atoms with Gasteiger partial charge in [0.05, 0.1) is 39.1 Å². The molecule has 2 aromatic rings. The molecule has 2 aromatic carbocycles. The Hall–Kier alpha value is -2.27. The van der Waals surface area contributed by atoms with Gasteiger partial charge < -0.3 is 9.64 Å². The summed E-state index contributed by atoms with van der Waals surface area (Å²) in [6.45, 7) is 5.33. The molecule has 0 aliphatic carbocycles. The molecule has 3 rings (SSSR count). The van der Waals surface area contributed by atoms with E-state index in [0.29, 0.717) is 18.8 Å². The summed E-state index contributed by atoms with van der Waals surface area (Å²) < 4.78 is 34.0. The monoisotopic (exact) mass is 405 g/mol. The molecule has 0 amide bonds. The van der Waals surface area contributed by atoms with Crippen LogP contribution >= 0.6 is 11.6 Å². The predicted molar refractivity (Wildman–Crippen MR) is 106 cm³/mol. The number of morpholine rings is 1. The lowest BCUT2D eigenvalue weighted by Crippen LogP contribution is -2.45. The van der Waals surface area contributed by atoms with Crippen molar-refractivity contribution in [1.82, 2.24) is 0 Å². The number of para-hydroxylation sites is 2. The number of nitrogens with one attached hydrogen (secondary N) is 1. The molecule has 0 bridgehead atoms. The number of nitriles is 1. The van der Waals surface area contributed by atoms with Crippen molar-refractivity contribution < 1.29 is 13.2 Å². The fourth-order valence-corrected chi connectivity index (χ4v) is 4.56. The number of hydrogen-bond donors (Lipinski definition) is 1. The third kappa shape index (κ3) is 4.35. The molecule has 27 heavy (non-hydrogen) atoms. The van der Waals surface area contributed by atoms with Gasteiger partial charge in [-0.2, -0.15) is 5.26 Å². The molecule has 1 saturated heterocycles. The third-order valence-corrected chi connectivity index (χ3v) is 5.96. The molecule has 1 N–H and O–H groups in total. The highest BCUT2D eigenvalue weighted by Gasteiger charge is 2.25. The Bertz CT molecular complexity index is 978. The molecule has 1 aliphatic heterocycles. The van der Waals surface area contributed by atoms with Gasteiger partial charge in [0.15, 0.2) is 0 Å². The Morgan fingerprint density at radius 3 is 2.48 bits per heavy atom. The molecule has 6 nitrogen and oxygen atoms in total. The van der Waals surface area contributed by atoms with E-state index in [0.717, 1.165) is 5.69 Å². The zero-order valence-corrected chi connectivity index (χ0v) is 16.6. The van der Waals surface area contributed by atoms with Gasteiger partial charge in [0.1, 0.15) is 6.07 Å². The first kappa shape index (κ1) is 19.5. The van der Waals surface area contributed by atoms with Crippen molar-refractivity contribution in [3.8, 4) is 6.07 Å². The highest BCUT2D eigenvalue weighted by Crippen LogP contribution is 2.31. The normalized spacial score (nSPS) is 20.1. The molecule has 0 aromatic heterocycles. The number of rotatable bonds is 4. The quantitative estimate of drug-likeness (QED) is 0.839. The van der Waals surface area contributed by atoms with E-state index in [9.17, 15) is 8.42 Å². The van der Waals surface area contributed by atoms with Gasteiger partial charge in [0.25, 0.3) is 10.0 Å². The molecule has 0 spiro atoms. The van der Waals surface area contributed by atoms with Crippen LogP contribution in [-0.2, 0) is 14.8 Å². The van der Waals surface area contributed by atoms with E-state index >= 15 is 0 Å². The van der Waals surface area contributed by atoms with Gasteiger partial charge in [0.2, 0.25) is 0 Å². The van der Waals surface area contributed by atoms with Crippen LogP contribution in [0.5, 0.6) is 0 Å². The summed E-state index contributed by atoms with van der Waals surface area (Å²) in [5.74, 6) is 0. The van der Waals surface area contributed by atoms with Crippen LogP contribution in [0.2, 0.25) is 5.02 Å². The molecule has 1 fully saturated rings. The molecule has 1 heterocycles. The molecule has 8 heteroatoms. The summed E-state index contributed by atoms with van der Waals surface area (Å²) in [6.07, 6.45) is 0.103. The van der Waals surface area contributed by atoms with Crippen LogP contribution in [0.25, 0.3) is 0 Å². The van der Waals surface area contributed by atoms with Crippen molar-refractivity contribution in [2.45, 2.75) is 31.0 Å². The van der Waals surface area contributed by atoms with Gasteiger partial charge in [-0.25, -0.2) is 8.42 Å². The first-order chi connectivity index (χ1) is 12.8. The predicted octanol–water partition coefficient (Wildman–Crippen LogP) is 3.63. The number of sulfonamides is 1. The second kappa shape index (κ2) is 7.77. The summed E-state index contributed by atoms with van der Waals surface area (Å²) in [5.41, 5.74) is 1.51. The Morgan fingerprint density at radius 1 is 1.19 bits per heavy atom. The summed E-state index contributed by atoms with van der Waals surface area (Å²) >= 11 is 5.99. The van der Waals surface area contributed by atoms with E-state index in [4.69, 9.17) is 21.6 Å². The number of hydrogen-bond acceptors (Lipinski definition) is 5. The standard InChI is InChI=1S/C19H20ClN3O3S/c1-13-11-23(12-14(2)26-13)19-6-4-3-5-18(19)22-27(24,25)16-8-7-15(10-21)17(20)9-16/h3-9,13-14,22H,11-12H2,1-2H3. The van der Waals surface area contributed by atoms with E-state index in [1.54, 1.807) is 12.1 Å². The Labute approximate surface area is 164 Å². The lowest BCUT2D eigenvalue weighted by molar-refractivity contribution is -0.00517. The molecule has 0 saturated carbocycles. The molecule has 1 aliphatic rings. The summed E-state index contributed by atoms with van der Waals surface area (Å²) in [7, 11) is -3.85. The zero-order chi connectivity index (χ0) is 19.6. The maximum Gasteiger partial charge on any atom is 0.262 e. The van der Waals surface area contributed by atoms with Crippen LogP contribution in [0, 0.1) is 11.3 Å². The van der Waals surface area contributed by atoms with Gasteiger partial charge in [-0.15, -0.1) is 0 Å². The minimum Gasteiger partial charge on any atom is -0.372 e. The first-order valence-corrected chi connectivity index (χ1v) is 10.4. The fraction of sp³-hybridized carbons (Fsp3) is 0.316. The summed E-state index contributed by atoms with van der Waals surface area (Å²) in [5, 5.41) is 9.06. The smallest absolute Gasteiger partial charge is 0.262 e. The summed E-state index contributed by atoms with van der Waals surface area (Å²) in [4.78, 5) is 2.12. The second-order valence-corrected chi connectivity index (χ2v) is 8.63. The van der Waals surface area contributed by atoms with E-state index < -0.39 is 10.0 Å². The topological polar surface area (TPSA) is 82.4 Å². The number of halogens is 1. The lowest BCUT2D eigenvalue weighted by atomic mass is 10.2. The van der Waals surface area contributed by atoms with E-state index in [-0.39, 0.29) is 27.7 Å². The van der Waals surface area contributed by atoms with Gasteiger partial charge in [-0.1, -0.05) is 23.7 Å². The van der Waals surface area contributed by atoms with Crippen LogP contribution < -0.4 is 9.62 Å². The number of nitrogens with zero attached hydrogens (tertiary/aromatic N) is 2. The van der Waals surface area contributed by atoms with Gasteiger partial charge in [-0.3, -0.25) is 4.72 Å². The number of anilines is 2. The summed E-state index contributed by atoms with van der Waals surface area (Å²) in [6, 6.07) is 13.2.